The Balaban J connectivity index is 2.41. The van der Waals surface area contributed by atoms with Crippen LogP contribution in [0.15, 0.2) is 18.2 Å². The van der Waals surface area contributed by atoms with Crippen molar-refractivity contribution in [3.05, 3.63) is 34.9 Å². The third-order valence-corrected chi connectivity index (χ3v) is 4.66. The Labute approximate surface area is 103 Å². The lowest BCUT2D eigenvalue weighted by Gasteiger charge is -2.24. The fourth-order valence-electron chi connectivity index (χ4n) is 2.49. The van der Waals surface area contributed by atoms with Crippen molar-refractivity contribution in [3.8, 4) is 0 Å². The molecule has 2 atom stereocenters. The molecule has 0 fully saturated rings. The Morgan fingerprint density at radius 2 is 2.25 bits per heavy atom. The van der Waals surface area contributed by atoms with Gasteiger partial charge in [-0.1, -0.05) is 32.0 Å². The van der Waals surface area contributed by atoms with E-state index < -0.39 is 0 Å². The maximum atomic E-state index is 3.64. The molecule has 0 radical (unpaired) electrons. The first-order valence-electron chi connectivity index (χ1n) is 6.13. The zero-order valence-corrected chi connectivity index (χ0v) is 11.2. The van der Waals surface area contributed by atoms with E-state index >= 15 is 0 Å². The van der Waals surface area contributed by atoms with Crippen LogP contribution in [0.1, 0.15) is 36.6 Å². The van der Waals surface area contributed by atoms with Gasteiger partial charge in [0.15, 0.2) is 0 Å². The average Bonchev–Trinajstić information content (AvgIpc) is 2.42. The number of hydrogen-bond donors (Lipinski definition) is 1. The molecule has 0 bridgehead atoms. The fraction of sp³-hybridized carbons (Fsp3) is 0.571. The second-order valence-electron chi connectivity index (χ2n) is 4.67. The van der Waals surface area contributed by atoms with Crippen molar-refractivity contribution in [2.75, 3.05) is 12.3 Å². The normalized spacial score (nSPS) is 24.9. The standard InChI is InChI=1S/C14H21NS/c1-4-15-14-11(3)8-16-9-13-10(2)6-5-7-12(13)14/h5-7,11,14-15H,4,8-9H2,1-3H3. The summed E-state index contributed by atoms with van der Waals surface area (Å²) in [6.45, 7) is 7.84. The van der Waals surface area contributed by atoms with Gasteiger partial charge in [0, 0.05) is 11.8 Å². The quantitative estimate of drug-likeness (QED) is 0.841. The average molecular weight is 235 g/mol. The Hall–Kier alpha value is -0.470. The lowest BCUT2D eigenvalue weighted by molar-refractivity contribution is 0.428. The fourth-order valence-corrected chi connectivity index (χ4v) is 3.77. The Morgan fingerprint density at radius 1 is 1.44 bits per heavy atom. The maximum Gasteiger partial charge on any atom is 0.0356 e. The summed E-state index contributed by atoms with van der Waals surface area (Å²) in [6, 6.07) is 7.27. The van der Waals surface area contributed by atoms with Crippen molar-refractivity contribution in [1.82, 2.24) is 5.32 Å². The van der Waals surface area contributed by atoms with Gasteiger partial charge in [0.25, 0.3) is 0 Å². The predicted molar refractivity (Wildman–Crippen MR) is 72.9 cm³/mol. The predicted octanol–water partition coefficient (Wildman–Crippen LogP) is 3.53. The van der Waals surface area contributed by atoms with Crippen molar-refractivity contribution in [2.45, 2.75) is 32.6 Å². The van der Waals surface area contributed by atoms with Gasteiger partial charge in [-0.05, 0) is 41.8 Å². The molecule has 1 aromatic carbocycles. The molecule has 2 heteroatoms. The Kier molecular flexibility index (Phi) is 3.93. The number of hydrogen-bond acceptors (Lipinski definition) is 2. The second-order valence-corrected chi connectivity index (χ2v) is 5.70. The zero-order chi connectivity index (χ0) is 11.5. The van der Waals surface area contributed by atoms with E-state index in [4.69, 9.17) is 0 Å². The van der Waals surface area contributed by atoms with Gasteiger partial charge in [0.2, 0.25) is 0 Å². The van der Waals surface area contributed by atoms with Crippen molar-refractivity contribution in [2.24, 2.45) is 5.92 Å². The molecular weight excluding hydrogens is 214 g/mol. The molecule has 1 nitrogen and oxygen atoms in total. The molecule has 2 rings (SSSR count). The van der Waals surface area contributed by atoms with Crippen molar-refractivity contribution < 1.29 is 0 Å². The van der Waals surface area contributed by atoms with Gasteiger partial charge in [0.1, 0.15) is 0 Å². The molecule has 1 aliphatic heterocycles. The Morgan fingerprint density at radius 3 is 3.00 bits per heavy atom. The number of nitrogens with one attached hydrogen (secondary N) is 1. The maximum absolute atomic E-state index is 3.64. The lowest BCUT2D eigenvalue weighted by Crippen LogP contribution is -2.27. The molecule has 0 amide bonds. The van der Waals surface area contributed by atoms with Crippen LogP contribution in [0, 0.1) is 12.8 Å². The van der Waals surface area contributed by atoms with Gasteiger partial charge >= 0.3 is 0 Å². The van der Waals surface area contributed by atoms with E-state index in [2.05, 4.69) is 56.0 Å². The SMILES string of the molecule is CCNC1c2cccc(C)c2CSCC1C. The molecule has 1 aliphatic rings. The van der Waals surface area contributed by atoms with E-state index in [9.17, 15) is 0 Å². The summed E-state index contributed by atoms with van der Waals surface area (Å²) in [5.74, 6) is 3.15. The van der Waals surface area contributed by atoms with E-state index in [1.54, 1.807) is 5.56 Å². The minimum Gasteiger partial charge on any atom is -0.310 e. The van der Waals surface area contributed by atoms with Crippen LogP contribution in [0.4, 0.5) is 0 Å². The van der Waals surface area contributed by atoms with Gasteiger partial charge in [-0.25, -0.2) is 0 Å². The number of thioether (sulfide) groups is 1. The minimum absolute atomic E-state index is 0.537. The Bertz CT molecular complexity index is 362. The highest BCUT2D eigenvalue weighted by Crippen LogP contribution is 2.35. The highest BCUT2D eigenvalue weighted by Gasteiger charge is 2.24. The monoisotopic (exact) mass is 235 g/mol. The molecule has 16 heavy (non-hydrogen) atoms. The number of fused-ring (bicyclic) bond motifs is 1. The summed E-state index contributed by atoms with van der Waals surface area (Å²) in [5, 5.41) is 3.64. The van der Waals surface area contributed by atoms with E-state index in [0.717, 1.165) is 6.54 Å². The molecule has 1 N–H and O–H groups in total. The van der Waals surface area contributed by atoms with Gasteiger partial charge in [-0.15, -0.1) is 0 Å². The molecular formula is C14H21NS. The van der Waals surface area contributed by atoms with Crippen LogP contribution in [-0.2, 0) is 5.75 Å². The third kappa shape index (κ3) is 2.28. The topological polar surface area (TPSA) is 12.0 Å². The molecule has 2 unspecified atom stereocenters. The van der Waals surface area contributed by atoms with Crippen LogP contribution in [0.5, 0.6) is 0 Å². The molecule has 1 aromatic rings. The summed E-state index contributed by atoms with van der Waals surface area (Å²) in [6.07, 6.45) is 0. The summed E-state index contributed by atoms with van der Waals surface area (Å²) < 4.78 is 0. The van der Waals surface area contributed by atoms with Crippen LogP contribution in [0.3, 0.4) is 0 Å². The van der Waals surface area contributed by atoms with Gasteiger partial charge in [-0.3, -0.25) is 0 Å². The molecule has 0 saturated carbocycles. The molecule has 88 valence electrons. The van der Waals surface area contributed by atoms with Gasteiger partial charge in [0.05, 0.1) is 0 Å². The summed E-state index contributed by atoms with van der Waals surface area (Å²) in [5.41, 5.74) is 4.53. The third-order valence-electron chi connectivity index (χ3n) is 3.40. The highest BCUT2D eigenvalue weighted by molar-refractivity contribution is 7.98. The van der Waals surface area contributed by atoms with E-state index in [1.807, 2.05) is 0 Å². The van der Waals surface area contributed by atoms with Crippen molar-refractivity contribution >= 4 is 11.8 Å². The van der Waals surface area contributed by atoms with Crippen molar-refractivity contribution in [3.63, 3.8) is 0 Å². The second kappa shape index (κ2) is 5.24. The first-order valence-corrected chi connectivity index (χ1v) is 7.29. The summed E-state index contributed by atoms with van der Waals surface area (Å²) >= 11 is 2.07. The van der Waals surface area contributed by atoms with Crippen molar-refractivity contribution in [1.29, 1.82) is 0 Å². The van der Waals surface area contributed by atoms with Crippen LogP contribution in [0.25, 0.3) is 0 Å². The molecule has 0 spiro atoms. The van der Waals surface area contributed by atoms with Crippen LogP contribution in [0.2, 0.25) is 0 Å². The largest absolute Gasteiger partial charge is 0.310 e. The molecule has 1 heterocycles. The highest BCUT2D eigenvalue weighted by atomic mass is 32.2. The lowest BCUT2D eigenvalue weighted by atomic mass is 9.91. The molecule has 0 saturated heterocycles. The zero-order valence-electron chi connectivity index (χ0n) is 10.4. The summed E-state index contributed by atoms with van der Waals surface area (Å²) in [7, 11) is 0. The van der Waals surface area contributed by atoms with Crippen LogP contribution >= 0.6 is 11.8 Å². The van der Waals surface area contributed by atoms with E-state index in [0.29, 0.717) is 12.0 Å². The number of rotatable bonds is 2. The molecule has 0 aromatic heterocycles. The summed E-state index contributed by atoms with van der Waals surface area (Å²) in [4.78, 5) is 0. The van der Waals surface area contributed by atoms with Gasteiger partial charge < -0.3 is 5.32 Å². The van der Waals surface area contributed by atoms with Gasteiger partial charge in [-0.2, -0.15) is 11.8 Å². The first-order chi connectivity index (χ1) is 7.74. The number of aryl methyl sites for hydroxylation is 1. The smallest absolute Gasteiger partial charge is 0.0356 e. The van der Waals surface area contributed by atoms with Crippen LogP contribution in [-0.4, -0.2) is 12.3 Å². The van der Waals surface area contributed by atoms with E-state index in [1.165, 1.54) is 22.6 Å². The van der Waals surface area contributed by atoms with Crippen LogP contribution < -0.4 is 5.32 Å². The minimum atomic E-state index is 0.537. The van der Waals surface area contributed by atoms with E-state index in [-0.39, 0.29) is 0 Å². The first kappa shape index (κ1) is 12.0. The molecule has 0 aliphatic carbocycles. The number of benzene rings is 1.